The maximum absolute atomic E-state index is 14.5. The van der Waals surface area contributed by atoms with Gasteiger partial charge in [-0.2, -0.15) is 0 Å². The van der Waals surface area contributed by atoms with Gasteiger partial charge in [0.25, 0.3) is 0 Å². The van der Waals surface area contributed by atoms with Crippen LogP contribution in [0.4, 0.5) is 0 Å². The second kappa shape index (κ2) is 28.2. The number of nitrogens with one attached hydrogen (secondary N) is 8. The molecule has 4 rings (SSSR count). The molecular formula is C48H69N13O9. The van der Waals surface area contributed by atoms with Crippen LogP contribution in [0.5, 0.6) is 0 Å². The number of aromatic nitrogens is 1. The Balaban J connectivity index is 1.73. The number of nitrogens with two attached hydrogens (primary N) is 4. The molecule has 0 unspecified atom stereocenters. The van der Waals surface area contributed by atoms with Crippen molar-refractivity contribution in [2.24, 2.45) is 33.8 Å². The second-order valence-corrected chi connectivity index (χ2v) is 17.4. The summed E-state index contributed by atoms with van der Waals surface area (Å²) in [6.07, 6.45) is 2.13. The number of primary amides is 1. The fourth-order valence-electron chi connectivity index (χ4n) is 8.09. The number of aliphatic imine (C=N–C) groups is 1. The lowest BCUT2D eigenvalue weighted by atomic mass is 9.92. The topological polar surface area (TPSA) is 370 Å². The molecule has 2 heterocycles. The molecule has 8 amide bonds. The van der Waals surface area contributed by atoms with Gasteiger partial charge >= 0.3 is 0 Å². The smallest absolute Gasteiger partial charge is 0.243 e. The van der Waals surface area contributed by atoms with Crippen molar-refractivity contribution in [1.82, 2.24) is 42.2 Å². The van der Waals surface area contributed by atoms with Gasteiger partial charge in [-0.3, -0.25) is 48.1 Å². The lowest BCUT2D eigenvalue weighted by molar-refractivity contribution is -0.135. The SMILES string of the molecule is CCCC[C@H](NC(C)=O)C(=O)N[C@H]1CCC(=O)NCC[C@@H](C(=O)N[C@@H](Cc2c[nH]c3ccccc23)C(N)=O)CC(=O)[C@H](CCCN=C(N)N)NC(=O)[C@@H](Cc2ccccc2)NC(=O)[C@H](CCN)NC1=O. The van der Waals surface area contributed by atoms with Gasteiger partial charge in [0.15, 0.2) is 11.7 Å². The predicted octanol–water partition coefficient (Wildman–Crippen LogP) is -1.16. The Bertz CT molecular complexity index is 2320. The Morgan fingerprint density at radius 3 is 2.17 bits per heavy atom. The molecule has 1 aromatic heterocycles. The molecule has 22 nitrogen and oxygen atoms in total. The van der Waals surface area contributed by atoms with Crippen molar-refractivity contribution in [2.45, 2.75) is 127 Å². The molecule has 70 heavy (non-hydrogen) atoms. The van der Waals surface area contributed by atoms with Crippen LogP contribution >= 0.6 is 0 Å². The maximum atomic E-state index is 14.5. The minimum Gasteiger partial charge on any atom is -0.370 e. The molecule has 0 saturated carbocycles. The molecule has 1 saturated heterocycles. The Kier molecular flexibility index (Phi) is 22.3. The number of hydrogen-bond acceptors (Lipinski definition) is 11. The van der Waals surface area contributed by atoms with Gasteiger partial charge in [0.1, 0.15) is 30.2 Å². The average Bonchev–Trinajstić information content (AvgIpc) is 3.73. The number of H-pyrrole nitrogens is 1. The third-order valence-corrected chi connectivity index (χ3v) is 11.9. The maximum Gasteiger partial charge on any atom is 0.243 e. The quantitative estimate of drug-likeness (QED) is 0.0385. The first-order chi connectivity index (χ1) is 33.5. The fraction of sp³-hybridized carbons (Fsp3) is 0.500. The molecule has 2 aromatic carbocycles. The highest BCUT2D eigenvalue weighted by molar-refractivity contribution is 5.98. The van der Waals surface area contributed by atoms with E-state index in [1.54, 1.807) is 36.5 Å². The van der Waals surface area contributed by atoms with Crippen LogP contribution in [0.25, 0.3) is 10.9 Å². The molecule has 0 spiro atoms. The first kappa shape index (κ1) is 55.2. The summed E-state index contributed by atoms with van der Waals surface area (Å²) in [6.45, 7) is 3.01. The van der Waals surface area contributed by atoms with E-state index >= 15 is 0 Å². The zero-order chi connectivity index (χ0) is 51.2. The number of Topliss-reactive ketones (excluding diaryl/α,β-unsaturated/α-hetero) is 1. The van der Waals surface area contributed by atoms with E-state index in [4.69, 9.17) is 22.9 Å². The average molecular weight is 972 g/mol. The van der Waals surface area contributed by atoms with E-state index in [2.05, 4.69) is 47.2 Å². The van der Waals surface area contributed by atoms with Crippen LogP contribution in [-0.4, -0.2) is 120 Å². The number of para-hydroxylation sites is 1. The summed E-state index contributed by atoms with van der Waals surface area (Å²) in [4.78, 5) is 131. The largest absolute Gasteiger partial charge is 0.370 e. The number of unbranched alkanes of at least 4 members (excludes halogenated alkanes) is 1. The van der Waals surface area contributed by atoms with Crippen LogP contribution in [0.1, 0.15) is 89.2 Å². The highest BCUT2D eigenvalue weighted by Crippen LogP contribution is 2.21. The van der Waals surface area contributed by atoms with E-state index in [1.807, 2.05) is 31.2 Å². The third-order valence-electron chi connectivity index (χ3n) is 11.9. The highest BCUT2D eigenvalue weighted by Gasteiger charge is 2.35. The summed E-state index contributed by atoms with van der Waals surface area (Å²) in [6, 6.07) is 8.60. The Morgan fingerprint density at radius 1 is 0.800 bits per heavy atom. The zero-order valence-electron chi connectivity index (χ0n) is 39.9. The number of guanidine groups is 1. The lowest BCUT2D eigenvalue weighted by Gasteiger charge is -2.27. The van der Waals surface area contributed by atoms with Crippen LogP contribution in [0.2, 0.25) is 0 Å². The predicted molar refractivity (Wildman–Crippen MR) is 262 cm³/mol. The fourth-order valence-corrected chi connectivity index (χ4v) is 8.09. The molecule has 16 N–H and O–H groups in total. The first-order valence-corrected chi connectivity index (χ1v) is 23.7. The van der Waals surface area contributed by atoms with E-state index in [1.165, 1.54) is 6.92 Å². The van der Waals surface area contributed by atoms with Gasteiger partial charge in [0.2, 0.25) is 47.3 Å². The highest BCUT2D eigenvalue weighted by atomic mass is 16.2. The summed E-state index contributed by atoms with van der Waals surface area (Å²) < 4.78 is 0. The van der Waals surface area contributed by atoms with Crippen molar-refractivity contribution < 1.29 is 43.2 Å². The Morgan fingerprint density at radius 2 is 1.49 bits per heavy atom. The van der Waals surface area contributed by atoms with E-state index in [0.29, 0.717) is 24.0 Å². The number of ketones is 1. The second-order valence-electron chi connectivity index (χ2n) is 17.4. The number of benzene rings is 2. The van der Waals surface area contributed by atoms with Gasteiger partial charge in [-0.25, -0.2) is 0 Å². The molecule has 0 aliphatic carbocycles. The molecule has 22 heteroatoms. The van der Waals surface area contributed by atoms with Crippen LogP contribution in [0.3, 0.4) is 0 Å². The van der Waals surface area contributed by atoms with Gasteiger partial charge < -0.3 is 65.1 Å². The molecule has 1 aliphatic heterocycles. The van der Waals surface area contributed by atoms with E-state index in [9.17, 15) is 43.2 Å². The Hall–Kier alpha value is -7.36. The normalized spacial score (nSPS) is 20.7. The van der Waals surface area contributed by atoms with Crippen molar-refractivity contribution in [1.29, 1.82) is 0 Å². The lowest BCUT2D eigenvalue weighted by Crippen LogP contribution is -2.59. The summed E-state index contributed by atoms with van der Waals surface area (Å²) >= 11 is 0. The molecule has 0 radical (unpaired) electrons. The number of carbonyl (C=O) groups excluding carboxylic acids is 9. The summed E-state index contributed by atoms with van der Waals surface area (Å²) in [5, 5.41) is 19.6. The molecule has 7 atom stereocenters. The van der Waals surface area contributed by atoms with Crippen LogP contribution in [0, 0.1) is 5.92 Å². The van der Waals surface area contributed by atoms with Gasteiger partial charge in [0.05, 0.1) is 6.04 Å². The first-order valence-electron chi connectivity index (χ1n) is 23.7. The van der Waals surface area contributed by atoms with Gasteiger partial charge in [-0.1, -0.05) is 68.3 Å². The van der Waals surface area contributed by atoms with E-state index < -0.39 is 102 Å². The Labute approximate surface area is 406 Å². The zero-order valence-corrected chi connectivity index (χ0v) is 39.9. The van der Waals surface area contributed by atoms with Crippen LogP contribution in [0.15, 0.2) is 65.8 Å². The van der Waals surface area contributed by atoms with Crippen molar-refractivity contribution in [3.05, 3.63) is 71.9 Å². The number of fused-ring (bicyclic) bond motifs is 1. The summed E-state index contributed by atoms with van der Waals surface area (Å²) in [7, 11) is 0. The van der Waals surface area contributed by atoms with Gasteiger partial charge in [-0.05, 0) is 62.3 Å². The molecule has 1 fully saturated rings. The van der Waals surface area contributed by atoms with Crippen molar-refractivity contribution in [3.63, 3.8) is 0 Å². The number of amides is 8. The number of rotatable bonds is 19. The molecule has 1 aliphatic rings. The van der Waals surface area contributed by atoms with Crippen LogP contribution < -0.4 is 60.2 Å². The van der Waals surface area contributed by atoms with Crippen molar-refractivity contribution >= 4 is 69.9 Å². The summed E-state index contributed by atoms with van der Waals surface area (Å²) in [5.74, 6) is -7.67. The number of carbonyl (C=O) groups is 9. The van der Waals surface area contributed by atoms with E-state index in [-0.39, 0.29) is 83.4 Å². The number of aromatic amines is 1. The van der Waals surface area contributed by atoms with E-state index in [0.717, 1.165) is 10.9 Å². The summed E-state index contributed by atoms with van der Waals surface area (Å²) in [5.41, 5.74) is 25.0. The number of nitrogens with zero attached hydrogens (tertiary/aromatic N) is 1. The standard InChI is InChI=1S/C48H69N13O9/c1-3-4-14-35(56-28(2)62)44(67)58-36-17-18-41(64)53-23-20-30(43(66)60-38(42(50)65)25-31-27-55-33-15-9-8-13-32(31)33)26-40(63)34(16-10-22-54-48(51)52)57-47(70)39(24-29-11-6-5-7-12-29)61-46(69)37(19-21-49)59-45(36)68/h5-9,11-13,15,27,30,34-39,55H,3-4,10,14,16-26,49H2,1-2H3,(H2,50,65)(H,53,64)(H,56,62)(H,57,70)(H,58,67)(H,59,68)(H,60,66)(H,61,69)(H4,51,52,54)/t30-,34+,35+,36+,37+,38+,39-/m1/s1. The van der Waals surface area contributed by atoms with Crippen LogP contribution in [-0.2, 0) is 56.0 Å². The van der Waals surface area contributed by atoms with Crippen molar-refractivity contribution in [2.75, 3.05) is 19.6 Å². The third kappa shape index (κ3) is 17.9. The molecular weight excluding hydrogens is 903 g/mol. The molecule has 380 valence electrons. The van der Waals surface area contributed by atoms with Gasteiger partial charge in [-0.15, -0.1) is 0 Å². The monoisotopic (exact) mass is 972 g/mol. The molecule has 3 aromatic rings. The minimum atomic E-state index is -1.39. The van der Waals surface area contributed by atoms with Crippen molar-refractivity contribution in [3.8, 4) is 0 Å². The minimum absolute atomic E-state index is 0.00308. The number of hydrogen-bond donors (Lipinski definition) is 12. The molecule has 0 bridgehead atoms. The van der Waals surface area contributed by atoms with Gasteiger partial charge in [0, 0.05) is 68.7 Å².